The van der Waals surface area contributed by atoms with Crippen molar-refractivity contribution in [2.24, 2.45) is 0 Å². The molecule has 0 bridgehead atoms. The van der Waals surface area contributed by atoms with Crippen molar-refractivity contribution in [3.63, 3.8) is 0 Å². The van der Waals surface area contributed by atoms with Gasteiger partial charge in [0.1, 0.15) is 5.82 Å². The molecule has 0 amide bonds. The zero-order chi connectivity index (χ0) is 11.0. The molecule has 80 valence electrons. The van der Waals surface area contributed by atoms with Crippen molar-refractivity contribution in [1.82, 2.24) is 9.97 Å². The molecule has 0 fully saturated rings. The number of aromatic amines is 1. The number of hydrogen-bond donors (Lipinski definition) is 1. The van der Waals surface area contributed by atoms with Gasteiger partial charge in [0.25, 0.3) is 0 Å². The van der Waals surface area contributed by atoms with Crippen LogP contribution in [0.15, 0.2) is 35.0 Å². The molecule has 0 radical (unpaired) electrons. The molecule has 1 N–H and O–H groups in total. The maximum atomic E-state index is 4.58. The third-order valence-electron chi connectivity index (χ3n) is 2.64. The van der Waals surface area contributed by atoms with E-state index in [1.54, 1.807) is 11.3 Å². The van der Waals surface area contributed by atoms with Crippen molar-refractivity contribution in [1.29, 1.82) is 0 Å². The van der Waals surface area contributed by atoms with Gasteiger partial charge >= 0.3 is 0 Å². The fourth-order valence-electron chi connectivity index (χ4n) is 1.85. The van der Waals surface area contributed by atoms with Crippen LogP contribution in [0.5, 0.6) is 0 Å². The minimum Gasteiger partial charge on any atom is -0.342 e. The minimum absolute atomic E-state index is 0.886. The highest BCUT2D eigenvalue weighted by Crippen LogP contribution is 2.16. The smallest absolute Gasteiger partial charge is 0.111 e. The van der Waals surface area contributed by atoms with E-state index in [4.69, 9.17) is 0 Å². The zero-order valence-corrected chi connectivity index (χ0v) is 9.84. The fourth-order valence-corrected chi connectivity index (χ4v) is 2.52. The van der Waals surface area contributed by atoms with Crippen LogP contribution in [0.4, 0.5) is 0 Å². The molecule has 0 aliphatic rings. The van der Waals surface area contributed by atoms with Crippen LogP contribution in [-0.2, 0) is 6.42 Å². The molecule has 0 spiro atoms. The quantitative estimate of drug-likeness (QED) is 0.714. The summed E-state index contributed by atoms with van der Waals surface area (Å²) < 4.78 is 0. The van der Waals surface area contributed by atoms with E-state index in [1.807, 2.05) is 0 Å². The Morgan fingerprint density at radius 1 is 1.31 bits per heavy atom. The average Bonchev–Trinajstić information content (AvgIpc) is 2.86. The Bertz CT molecular complexity index is 608. The Kier molecular flexibility index (Phi) is 2.26. The Labute approximate surface area is 98.0 Å². The topological polar surface area (TPSA) is 28.7 Å². The standard InChI is InChI=1S/C13H12N2S/c1-9-2-3-11-12(6-9)15-13(14-11)7-10-4-5-16-8-10/h2-6,8H,7H2,1H3,(H,14,15). The van der Waals surface area contributed by atoms with Gasteiger partial charge in [-0.3, -0.25) is 0 Å². The van der Waals surface area contributed by atoms with Crippen molar-refractivity contribution in [2.45, 2.75) is 13.3 Å². The first kappa shape index (κ1) is 9.60. The molecule has 2 aromatic heterocycles. The number of nitrogens with zero attached hydrogens (tertiary/aromatic N) is 1. The van der Waals surface area contributed by atoms with Crippen molar-refractivity contribution < 1.29 is 0 Å². The van der Waals surface area contributed by atoms with Crippen LogP contribution >= 0.6 is 11.3 Å². The van der Waals surface area contributed by atoms with Gasteiger partial charge in [-0.15, -0.1) is 0 Å². The van der Waals surface area contributed by atoms with Crippen LogP contribution in [-0.4, -0.2) is 9.97 Å². The Balaban J connectivity index is 1.99. The van der Waals surface area contributed by atoms with Crippen molar-refractivity contribution in [2.75, 3.05) is 0 Å². The molecule has 0 saturated heterocycles. The lowest BCUT2D eigenvalue weighted by Gasteiger charge is -1.91. The van der Waals surface area contributed by atoms with Gasteiger partial charge in [0.2, 0.25) is 0 Å². The average molecular weight is 228 g/mol. The van der Waals surface area contributed by atoms with Crippen molar-refractivity contribution in [3.8, 4) is 0 Å². The summed E-state index contributed by atoms with van der Waals surface area (Å²) in [5, 5.41) is 4.26. The number of hydrogen-bond acceptors (Lipinski definition) is 2. The van der Waals surface area contributed by atoms with E-state index in [9.17, 15) is 0 Å². The largest absolute Gasteiger partial charge is 0.342 e. The number of imidazole rings is 1. The Morgan fingerprint density at radius 3 is 3.06 bits per heavy atom. The summed E-state index contributed by atoms with van der Waals surface area (Å²) >= 11 is 1.73. The molecule has 16 heavy (non-hydrogen) atoms. The van der Waals surface area contributed by atoms with E-state index < -0.39 is 0 Å². The molecule has 2 nitrogen and oxygen atoms in total. The van der Waals surface area contributed by atoms with Crippen molar-refractivity contribution in [3.05, 3.63) is 52.0 Å². The number of rotatable bonds is 2. The zero-order valence-electron chi connectivity index (χ0n) is 9.03. The van der Waals surface area contributed by atoms with Gasteiger partial charge in [0, 0.05) is 6.42 Å². The van der Waals surface area contributed by atoms with Gasteiger partial charge in [-0.2, -0.15) is 11.3 Å². The molecule has 3 heteroatoms. The van der Waals surface area contributed by atoms with Crippen LogP contribution in [0.25, 0.3) is 11.0 Å². The van der Waals surface area contributed by atoms with Gasteiger partial charge < -0.3 is 4.98 Å². The second-order valence-electron chi connectivity index (χ2n) is 4.01. The van der Waals surface area contributed by atoms with Crippen molar-refractivity contribution >= 4 is 22.4 Å². The third kappa shape index (κ3) is 1.74. The SMILES string of the molecule is Cc1ccc2nc(Cc3ccsc3)[nH]c2c1. The number of aryl methyl sites for hydroxylation is 1. The second kappa shape index (κ2) is 3.76. The minimum atomic E-state index is 0.886. The summed E-state index contributed by atoms with van der Waals surface area (Å²) in [5.74, 6) is 1.04. The second-order valence-corrected chi connectivity index (χ2v) is 4.79. The lowest BCUT2D eigenvalue weighted by Crippen LogP contribution is -1.87. The number of thiophene rings is 1. The van der Waals surface area contributed by atoms with Gasteiger partial charge in [-0.05, 0) is 47.0 Å². The highest BCUT2D eigenvalue weighted by Gasteiger charge is 2.03. The molecule has 0 aliphatic carbocycles. The van der Waals surface area contributed by atoms with Crippen LogP contribution < -0.4 is 0 Å². The summed E-state index contributed by atoms with van der Waals surface area (Å²) in [6.45, 7) is 2.10. The number of fused-ring (bicyclic) bond motifs is 1. The lowest BCUT2D eigenvalue weighted by atomic mass is 10.2. The highest BCUT2D eigenvalue weighted by atomic mass is 32.1. The normalized spacial score (nSPS) is 11.1. The first-order valence-electron chi connectivity index (χ1n) is 5.27. The molecule has 1 aromatic carbocycles. The summed E-state index contributed by atoms with van der Waals surface area (Å²) in [5.41, 5.74) is 4.76. The van der Waals surface area contributed by atoms with Gasteiger partial charge in [0.05, 0.1) is 11.0 Å². The predicted molar refractivity (Wildman–Crippen MR) is 68.0 cm³/mol. The summed E-state index contributed by atoms with van der Waals surface area (Å²) in [6.07, 6.45) is 0.886. The molecule has 0 aliphatic heterocycles. The molecule has 0 saturated carbocycles. The van der Waals surface area contributed by atoms with E-state index in [2.05, 4.69) is 51.9 Å². The van der Waals surface area contributed by atoms with E-state index in [1.165, 1.54) is 11.1 Å². The summed E-state index contributed by atoms with van der Waals surface area (Å²) in [4.78, 5) is 7.95. The summed E-state index contributed by atoms with van der Waals surface area (Å²) in [6, 6.07) is 8.44. The number of nitrogens with one attached hydrogen (secondary N) is 1. The van der Waals surface area contributed by atoms with E-state index in [0.29, 0.717) is 0 Å². The molecule has 2 heterocycles. The van der Waals surface area contributed by atoms with Gasteiger partial charge in [-0.25, -0.2) is 4.98 Å². The molecular formula is C13H12N2S. The first-order chi connectivity index (χ1) is 7.81. The van der Waals surface area contributed by atoms with Gasteiger partial charge in [0.15, 0.2) is 0 Å². The van der Waals surface area contributed by atoms with E-state index in [-0.39, 0.29) is 0 Å². The summed E-state index contributed by atoms with van der Waals surface area (Å²) in [7, 11) is 0. The number of aromatic nitrogens is 2. The first-order valence-corrected chi connectivity index (χ1v) is 6.22. The Hall–Kier alpha value is -1.61. The molecule has 3 aromatic rings. The van der Waals surface area contributed by atoms with Crippen LogP contribution in [0.2, 0.25) is 0 Å². The molecule has 0 unspecified atom stereocenters. The van der Waals surface area contributed by atoms with E-state index in [0.717, 1.165) is 23.3 Å². The maximum Gasteiger partial charge on any atom is 0.111 e. The predicted octanol–water partition coefficient (Wildman–Crippen LogP) is 3.52. The highest BCUT2D eigenvalue weighted by molar-refractivity contribution is 7.07. The molecule has 0 atom stereocenters. The van der Waals surface area contributed by atoms with Gasteiger partial charge in [-0.1, -0.05) is 6.07 Å². The monoisotopic (exact) mass is 228 g/mol. The van der Waals surface area contributed by atoms with Crippen LogP contribution in [0.1, 0.15) is 17.0 Å². The third-order valence-corrected chi connectivity index (χ3v) is 3.37. The van der Waals surface area contributed by atoms with E-state index >= 15 is 0 Å². The molecule has 3 rings (SSSR count). The fraction of sp³-hybridized carbons (Fsp3) is 0.154. The Morgan fingerprint density at radius 2 is 2.25 bits per heavy atom. The molecular weight excluding hydrogens is 216 g/mol. The maximum absolute atomic E-state index is 4.58. The van der Waals surface area contributed by atoms with Crippen LogP contribution in [0, 0.1) is 6.92 Å². The lowest BCUT2D eigenvalue weighted by molar-refractivity contribution is 1.04. The number of benzene rings is 1. The van der Waals surface area contributed by atoms with Crippen LogP contribution in [0.3, 0.4) is 0 Å². The number of H-pyrrole nitrogens is 1.